The van der Waals surface area contributed by atoms with E-state index in [1.165, 1.54) is 69.5 Å². The van der Waals surface area contributed by atoms with Gasteiger partial charge < -0.3 is 0 Å². The summed E-state index contributed by atoms with van der Waals surface area (Å²) in [5.74, 6) is 0.749. The van der Waals surface area contributed by atoms with E-state index in [9.17, 15) is 0 Å². The van der Waals surface area contributed by atoms with Gasteiger partial charge in [-0.25, -0.2) is 0 Å². The lowest BCUT2D eigenvalue weighted by atomic mass is 10.1. The van der Waals surface area contributed by atoms with Crippen LogP contribution in [0.5, 0.6) is 0 Å². The van der Waals surface area contributed by atoms with Crippen molar-refractivity contribution in [3.63, 3.8) is 0 Å². The molecule has 0 nitrogen and oxygen atoms in total. The van der Waals surface area contributed by atoms with Crippen LogP contribution in [0.25, 0.3) is 0 Å². The molecule has 1 rings (SSSR count). The highest BCUT2D eigenvalue weighted by atomic mass is 79.9. The summed E-state index contributed by atoms with van der Waals surface area (Å²) in [6, 6.07) is 0. The van der Waals surface area contributed by atoms with Crippen molar-refractivity contribution in [2.75, 3.05) is 5.33 Å². The number of unbranched alkanes of at least 4 members (excludes halogenated alkanes) is 7. The normalized spacial score (nSPS) is 19.5. The Morgan fingerprint density at radius 2 is 1.71 bits per heavy atom. The summed E-state index contributed by atoms with van der Waals surface area (Å²) < 4.78 is 0. The predicted octanol–water partition coefficient (Wildman–Crippen LogP) is 6.02. The maximum absolute atomic E-state index is 3.48. The average Bonchev–Trinajstić information content (AvgIpc) is 2.85. The van der Waals surface area contributed by atoms with Gasteiger partial charge in [0.15, 0.2) is 0 Å². The van der Waals surface area contributed by atoms with Crippen LogP contribution < -0.4 is 0 Å². The second kappa shape index (κ2) is 11.1. The van der Waals surface area contributed by atoms with Crippen molar-refractivity contribution in [2.45, 2.75) is 64.2 Å². The number of halogens is 1. The molecule has 0 spiro atoms. The van der Waals surface area contributed by atoms with Crippen molar-refractivity contribution in [3.8, 4) is 0 Å². The lowest BCUT2D eigenvalue weighted by Crippen LogP contribution is -1.84. The highest BCUT2D eigenvalue weighted by Crippen LogP contribution is 2.18. The first-order valence-corrected chi connectivity index (χ1v) is 8.45. The molecule has 0 aromatic rings. The van der Waals surface area contributed by atoms with Gasteiger partial charge in [0, 0.05) is 5.33 Å². The molecule has 0 unspecified atom stereocenters. The first-order chi connectivity index (χ1) is 8.43. The lowest BCUT2D eigenvalue weighted by Gasteiger charge is -2.00. The Kier molecular flexibility index (Phi) is 9.78. The lowest BCUT2D eigenvalue weighted by molar-refractivity contribution is 0.593. The van der Waals surface area contributed by atoms with Gasteiger partial charge in [-0.3, -0.25) is 0 Å². The third kappa shape index (κ3) is 8.65. The second-order valence-electron chi connectivity index (χ2n) is 5.05. The van der Waals surface area contributed by atoms with E-state index in [1.54, 1.807) is 0 Å². The minimum atomic E-state index is 0.749. The number of hydrogen-bond donors (Lipinski definition) is 0. The minimum absolute atomic E-state index is 0.749. The Labute approximate surface area is 116 Å². The van der Waals surface area contributed by atoms with Crippen LogP contribution in [-0.2, 0) is 0 Å². The van der Waals surface area contributed by atoms with Crippen LogP contribution in [0, 0.1) is 5.92 Å². The Balaban J connectivity index is 1.79. The predicted molar refractivity (Wildman–Crippen MR) is 81.7 cm³/mol. The van der Waals surface area contributed by atoms with Crippen LogP contribution in [0.15, 0.2) is 24.3 Å². The zero-order chi connectivity index (χ0) is 12.2. The fraction of sp³-hybridized carbons (Fsp3) is 0.750. The molecule has 0 saturated carbocycles. The maximum Gasteiger partial charge on any atom is 0.00313 e. The summed E-state index contributed by atoms with van der Waals surface area (Å²) in [5.41, 5.74) is 0. The van der Waals surface area contributed by atoms with E-state index in [0.29, 0.717) is 0 Å². The molecule has 0 saturated heterocycles. The monoisotopic (exact) mass is 298 g/mol. The number of hydrogen-bond acceptors (Lipinski definition) is 0. The Morgan fingerprint density at radius 3 is 2.35 bits per heavy atom. The van der Waals surface area contributed by atoms with E-state index in [-0.39, 0.29) is 0 Å². The third-order valence-electron chi connectivity index (χ3n) is 3.44. The van der Waals surface area contributed by atoms with Crippen molar-refractivity contribution < 1.29 is 0 Å². The van der Waals surface area contributed by atoms with Gasteiger partial charge in [0.05, 0.1) is 0 Å². The van der Waals surface area contributed by atoms with Crippen molar-refractivity contribution in [1.82, 2.24) is 0 Å². The van der Waals surface area contributed by atoms with E-state index in [0.717, 1.165) is 5.92 Å². The molecule has 0 aliphatic heterocycles. The number of rotatable bonds is 10. The quantitative estimate of drug-likeness (QED) is 0.263. The van der Waals surface area contributed by atoms with Gasteiger partial charge in [-0.15, -0.1) is 0 Å². The topological polar surface area (TPSA) is 0 Å². The third-order valence-corrected chi connectivity index (χ3v) is 4.00. The number of allylic oxidation sites excluding steroid dienone is 4. The van der Waals surface area contributed by atoms with Crippen molar-refractivity contribution in [2.24, 2.45) is 5.92 Å². The fourth-order valence-electron chi connectivity index (χ4n) is 2.33. The van der Waals surface area contributed by atoms with E-state index in [2.05, 4.69) is 40.2 Å². The van der Waals surface area contributed by atoms with Gasteiger partial charge in [0.1, 0.15) is 0 Å². The highest BCUT2D eigenvalue weighted by molar-refractivity contribution is 9.09. The van der Waals surface area contributed by atoms with E-state index in [4.69, 9.17) is 0 Å². The molecule has 0 radical (unpaired) electrons. The molecule has 1 atom stereocenters. The first kappa shape index (κ1) is 15.0. The van der Waals surface area contributed by atoms with Crippen LogP contribution in [0.2, 0.25) is 0 Å². The minimum Gasteiger partial charge on any atom is -0.0928 e. The van der Waals surface area contributed by atoms with Crippen LogP contribution >= 0.6 is 15.9 Å². The molecule has 1 aliphatic carbocycles. The van der Waals surface area contributed by atoms with Crippen molar-refractivity contribution in [3.05, 3.63) is 24.3 Å². The standard InChI is InChI=1S/C16H27Br/c17-15-11-7-5-3-1-2-4-6-8-12-16-13-9-10-14-16/h8-9,12-13,16H,1-7,10-11,14-15H2/t16-/m1/s1. The molecular formula is C16H27Br. The molecule has 98 valence electrons. The van der Waals surface area contributed by atoms with Gasteiger partial charge in [0.2, 0.25) is 0 Å². The molecule has 0 heterocycles. The van der Waals surface area contributed by atoms with Crippen LogP contribution in [-0.4, -0.2) is 5.33 Å². The first-order valence-electron chi connectivity index (χ1n) is 7.33. The summed E-state index contributed by atoms with van der Waals surface area (Å²) in [7, 11) is 0. The average molecular weight is 299 g/mol. The second-order valence-corrected chi connectivity index (χ2v) is 5.84. The van der Waals surface area contributed by atoms with Gasteiger partial charge in [0.25, 0.3) is 0 Å². The fourth-order valence-corrected chi connectivity index (χ4v) is 2.72. The Morgan fingerprint density at radius 1 is 1.00 bits per heavy atom. The molecule has 0 fully saturated rings. The largest absolute Gasteiger partial charge is 0.0928 e. The van der Waals surface area contributed by atoms with E-state index in [1.807, 2.05) is 0 Å². The zero-order valence-corrected chi connectivity index (χ0v) is 12.6. The van der Waals surface area contributed by atoms with Crippen LogP contribution in [0.4, 0.5) is 0 Å². The molecule has 1 aliphatic rings. The smallest absolute Gasteiger partial charge is 0.00313 e. The summed E-state index contributed by atoms with van der Waals surface area (Å²) in [6.07, 6.45) is 23.2. The van der Waals surface area contributed by atoms with Crippen molar-refractivity contribution in [1.29, 1.82) is 0 Å². The molecule has 0 amide bonds. The van der Waals surface area contributed by atoms with E-state index >= 15 is 0 Å². The molecule has 0 aromatic carbocycles. The van der Waals surface area contributed by atoms with Gasteiger partial charge in [-0.05, 0) is 38.0 Å². The molecule has 17 heavy (non-hydrogen) atoms. The Bertz CT molecular complexity index is 218. The molecule has 0 bridgehead atoms. The van der Waals surface area contributed by atoms with Gasteiger partial charge in [-0.2, -0.15) is 0 Å². The summed E-state index contributed by atoms with van der Waals surface area (Å²) in [6.45, 7) is 0. The van der Waals surface area contributed by atoms with Crippen LogP contribution in [0.3, 0.4) is 0 Å². The molecule has 0 N–H and O–H groups in total. The summed E-state index contributed by atoms with van der Waals surface area (Å²) in [4.78, 5) is 0. The number of alkyl halides is 1. The molecule has 0 aromatic heterocycles. The Hall–Kier alpha value is -0.0400. The molecule has 1 heteroatoms. The van der Waals surface area contributed by atoms with Crippen LogP contribution in [0.1, 0.15) is 64.2 Å². The molecular weight excluding hydrogens is 272 g/mol. The van der Waals surface area contributed by atoms with Gasteiger partial charge in [-0.1, -0.05) is 72.3 Å². The summed E-state index contributed by atoms with van der Waals surface area (Å²) in [5, 5.41) is 1.17. The zero-order valence-electron chi connectivity index (χ0n) is 11.0. The van der Waals surface area contributed by atoms with Gasteiger partial charge >= 0.3 is 0 Å². The maximum atomic E-state index is 3.48. The SMILES string of the molecule is BrCCCCCCCCCC=C[C@@H]1C=CCC1. The van der Waals surface area contributed by atoms with E-state index < -0.39 is 0 Å². The summed E-state index contributed by atoms with van der Waals surface area (Å²) >= 11 is 3.48. The highest BCUT2D eigenvalue weighted by Gasteiger charge is 2.03. The van der Waals surface area contributed by atoms with Crippen molar-refractivity contribution >= 4 is 15.9 Å².